The van der Waals surface area contributed by atoms with Gasteiger partial charge in [-0.2, -0.15) is 0 Å². The number of aromatic hydroxyl groups is 1. The standard InChI is InChI=1S/C18H22O4/c1-13-8-16(20)9-14(2)17(13)10-18(22-12-21-3)7-5-4-6-15(18)11-19/h4-9,11,15,20H,10,12H2,1-3H3. The van der Waals surface area contributed by atoms with Gasteiger partial charge in [0, 0.05) is 13.5 Å². The zero-order valence-electron chi connectivity index (χ0n) is 13.2. The quantitative estimate of drug-likeness (QED) is 0.648. The van der Waals surface area contributed by atoms with Crippen molar-refractivity contribution in [1.82, 2.24) is 0 Å². The molecule has 0 heterocycles. The molecule has 4 nitrogen and oxygen atoms in total. The van der Waals surface area contributed by atoms with Gasteiger partial charge in [-0.3, -0.25) is 0 Å². The molecular formula is C18H22O4. The van der Waals surface area contributed by atoms with Gasteiger partial charge in [0.25, 0.3) is 0 Å². The van der Waals surface area contributed by atoms with E-state index in [1.165, 1.54) is 0 Å². The molecule has 0 fully saturated rings. The number of hydrogen-bond donors (Lipinski definition) is 1. The van der Waals surface area contributed by atoms with Gasteiger partial charge in [0.05, 0.1) is 5.92 Å². The third kappa shape index (κ3) is 3.29. The first-order valence-electron chi connectivity index (χ1n) is 7.25. The van der Waals surface area contributed by atoms with E-state index in [-0.39, 0.29) is 18.5 Å². The lowest BCUT2D eigenvalue weighted by atomic mass is 9.78. The van der Waals surface area contributed by atoms with Crippen molar-refractivity contribution in [3.05, 3.63) is 53.1 Å². The second-order valence-corrected chi connectivity index (χ2v) is 5.65. The van der Waals surface area contributed by atoms with Crippen molar-refractivity contribution in [3.63, 3.8) is 0 Å². The van der Waals surface area contributed by atoms with E-state index >= 15 is 0 Å². The van der Waals surface area contributed by atoms with E-state index < -0.39 is 5.60 Å². The third-order valence-electron chi connectivity index (χ3n) is 4.10. The van der Waals surface area contributed by atoms with Gasteiger partial charge in [0.1, 0.15) is 24.4 Å². The lowest BCUT2D eigenvalue weighted by Crippen LogP contribution is -2.43. The Labute approximate surface area is 131 Å². The summed E-state index contributed by atoms with van der Waals surface area (Å²) in [6.45, 7) is 4.01. The monoisotopic (exact) mass is 302 g/mol. The third-order valence-corrected chi connectivity index (χ3v) is 4.10. The van der Waals surface area contributed by atoms with E-state index in [4.69, 9.17) is 9.47 Å². The Bertz CT molecular complexity index is 580. The Morgan fingerprint density at radius 1 is 1.27 bits per heavy atom. The molecule has 0 saturated heterocycles. The molecule has 2 unspecified atom stereocenters. The summed E-state index contributed by atoms with van der Waals surface area (Å²) < 4.78 is 11.0. The molecule has 22 heavy (non-hydrogen) atoms. The van der Waals surface area contributed by atoms with Gasteiger partial charge in [0.2, 0.25) is 0 Å². The van der Waals surface area contributed by atoms with Crippen LogP contribution in [0, 0.1) is 19.8 Å². The van der Waals surface area contributed by atoms with Crippen molar-refractivity contribution in [2.75, 3.05) is 13.9 Å². The van der Waals surface area contributed by atoms with Crippen molar-refractivity contribution in [2.45, 2.75) is 25.9 Å². The van der Waals surface area contributed by atoms with Crippen LogP contribution in [0.25, 0.3) is 0 Å². The first-order valence-corrected chi connectivity index (χ1v) is 7.25. The lowest BCUT2D eigenvalue weighted by molar-refractivity contribution is -0.137. The minimum absolute atomic E-state index is 0.110. The smallest absolute Gasteiger partial charge is 0.147 e. The molecule has 1 N–H and O–H groups in total. The van der Waals surface area contributed by atoms with Crippen molar-refractivity contribution >= 4 is 6.29 Å². The van der Waals surface area contributed by atoms with Crippen LogP contribution in [0.1, 0.15) is 16.7 Å². The molecule has 0 bridgehead atoms. The average Bonchev–Trinajstić information content (AvgIpc) is 2.49. The maximum Gasteiger partial charge on any atom is 0.147 e. The van der Waals surface area contributed by atoms with Gasteiger partial charge in [0.15, 0.2) is 0 Å². The fourth-order valence-corrected chi connectivity index (χ4v) is 2.90. The number of methoxy groups -OCH3 is 1. The fraction of sp³-hybridized carbons (Fsp3) is 0.389. The van der Waals surface area contributed by atoms with E-state index in [1.54, 1.807) is 19.2 Å². The highest BCUT2D eigenvalue weighted by molar-refractivity contribution is 5.62. The lowest BCUT2D eigenvalue weighted by Gasteiger charge is -2.36. The van der Waals surface area contributed by atoms with Gasteiger partial charge in [-0.1, -0.05) is 24.3 Å². The van der Waals surface area contributed by atoms with Crippen LogP contribution < -0.4 is 0 Å². The summed E-state index contributed by atoms with van der Waals surface area (Å²) >= 11 is 0. The van der Waals surface area contributed by atoms with Crippen LogP contribution in [0.4, 0.5) is 0 Å². The Kier molecular flexibility index (Phi) is 5.16. The summed E-state index contributed by atoms with van der Waals surface area (Å²) in [6, 6.07) is 3.45. The zero-order chi connectivity index (χ0) is 16.2. The summed E-state index contributed by atoms with van der Waals surface area (Å²) in [5.74, 6) is -0.128. The maximum absolute atomic E-state index is 11.5. The first-order chi connectivity index (χ1) is 10.5. The van der Waals surface area contributed by atoms with Crippen molar-refractivity contribution in [1.29, 1.82) is 0 Å². The Morgan fingerprint density at radius 2 is 1.95 bits per heavy atom. The molecule has 1 aromatic rings. The van der Waals surface area contributed by atoms with Crippen LogP contribution in [0.2, 0.25) is 0 Å². The van der Waals surface area contributed by atoms with E-state index in [0.29, 0.717) is 6.42 Å². The zero-order valence-corrected chi connectivity index (χ0v) is 13.2. The van der Waals surface area contributed by atoms with Crippen LogP contribution in [0.3, 0.4) is 0 Å². The predicted molar refractivity (Wildman–Crippen MR) is 84.8 cm³/mol. The summed E-state index contributed by atoms with van der Waals surface area (Å²) in [5.41, 5.74) is 2.26. The molecule has 0 radical (unpaired) electrons. The second-order valence-electron chi connectivity index (χ2n) is 5.65. The Balaban J connectivity index is 2.41. The number of ether oxygens (including phenoxy) is 2. The number of aldehydes is 1. The van der Waals surface area contributed by atoms with Crippen molar-refractivity contribution in [3.8, 4) is 5.75 Å². The highest BCUT2D eigenvalue weighted by Crippen LogP contribution is 2.34. The van der Waals surface area contributed by atoms with Gasteiger partial charge >= 0.3 is 0 Å². The summed E-state index contributed by atoms with van der Waals surface area (Å²) in [5, 5.41) is 9.70. The molecule has 1 aliphatic rings. The maximum atomic E-state index is 11.5. The molecule has 0 amide bonds. The van der Waals surface area contributed by atoms with Crippen molar-refractivity contribution in [2.24, 2.45) is 5.92 Å². The summed E-state index contributed by atoms with van der Waals surface area (Å²) in [7, 11) is 1.56. The predicted octanol–water partition coefficient (Wildman–Crippen LogP) is 2.85. The fourth-order valence-electron chi connectivity index (χ4n) is 2.90. The number of hydrogen-bond acceptors (Lipinski definition) is 4. The number of rotatable bonds is 6. The topological polar surface area (TPSA) is 55.8 Å². The van der Waals surface area contributed by atoms with Gasteiger partial charge < -0.3 is 19.4 Å². The Morgan fingerprint density at radius 3 is 2.55 bits per heavy atom. The molecule has 0 aliphatic heterocycles. The number of carbonyl (C=O) groups excluding carboxylic acids is 1. The number of carbonyl (C=O) groups is 1. The number of allylic oxidation sites excluding steroid dienone is 2. The van der Waals surface area contributed by atoms with Crippen molar-refractivity contribution < 1.29 is 19.4 Å². The minimum atomic E-state index is -0.765. The van der Waals surface area contributed by atoms with Gasteiger partial charge in [-0.15, -0.1) is 0 Å². The number of benzene rings is 1. The van der Waals surface area contributed by atoms with Crippen LogP contribution in [0.5, 0.6) is 5.75 Å². The average molecular weight is 302 g/mol. The van der Waals surface area contributed by atoms with E-state index in [1.807, 2.05) is 38.2 Å². The molecule has 2 atom stereocenters. The van der Waals surface area contributed by atoms with Crippen LogP contribution in [0.15, 0.2) is 36.4 Å². The number of phenols is 1. The Hall–Kier alpha value is -1.91. The molecule has 0 aromatic heterocycles. The highest BCUT2D eigenvalue weighted by atomic mass is 16.7. The SMILES string of the molecule is COCOC1(Cc2c(C)cc(O)cc2C)C=CC=CC1C=O. The molecule has 1 aliphatic carbocycles. The number of aryl methyl sites for hydroxylation is 2. The molecular weight excluding hydrogens is 280 g/mol. The van der Waals surface area contributed by atoms with Crippen LogP contribution in [-0.4, -0.2) is 30.9 Å². The molecule has 0 spiro atoms. The summed E-state index contributed by atoms with van der Waals surface area (Å²) in [4.78, 5) is 11.5. The first kappa shape index (κ1) is 16.5. The normalized spacial score (nSPS) is 23.7. The molecule has 2 rings (SSSR count). The van der Waals surface area contributed by atoms with Gasteiger partial charge in [-0.25, -0.2) is 0 Å². The molecule has 1 aromatic carbocycles. The molecule has 4 heteroatoms. The summed E-state index contributed by atoms with van der Waals surface area (Å²) in [6.07, 6.45) is 8.94. The molecule has 0 saturated carbocycles. The highest BCUT2D eigenvalue weighted by Gasteiger charge is 2.38. The minimum Gasteiger partial charge on any atom is -0.508 e. The largest absolute Gasteiger partial charge is 0.508 e. The van der Waals surface area contributed by atoms with Crippen LogP contribution in [-0.2, 0) is 20.7 Å². The van der Waals surface area contributed by atoms with Crippen LogP contribution >= 0.6 is 0 Å². The van der Waals surface area contributed by atoms with E-state index in [2.05, 4.69) is 0 Å². The second kappa shape index (κ2) is 6.90. The molecule has 118 valence electrons. The van der Waals surface area contributed by atoms with E-state index in [9.17, 15) is 9.90 Å². The number of phenolic OH excluding ortho intramolecular Hbond substituents is 1. The van der Waals surface area contributed by atoms with Gasteiger partial charge in [-0.05, 0) is 42.7 Å². The van der Waals surface area contributed by atoms with E-state index in [0.717, 1.165) is 23.0 Å².